The van der Waals surface area contributed by atoms with Crippen LogP contribution in [0.5, 0.6) is 0 Å². The third-order valence-corrected chi connectivity index (χ3v) is 6.18. The molecule has 0 fully saturated rings. The van der Waals surface area contributed by atoms with Crippen LogP contribution in [0.1, 0.15) is 23.6 Å². The van der Waals surface area contributed by atoms with Gasteiger partial charge in [0.25, 0.3) is 0 Å². The molecule has 4 aromatic carbocycles. The van der Waals surface area contributed by atoms with Gasteiger partial charge in [-0.05, 0) is 52.4 Å². The molecular formula is C26H19Cl. The molecule has 0 saturated carbocycles. The van der Waals surface area contributed by atoms with E-state index in [-0.39, 0.29) is 5.41 Å². The van der Waals surface area contributed by atoms with E-state index in [4.69, 9.17) is 11.6 Å². The Morgan fingerprint density at radius 3 is 2.00 bits per heavy atom. The van der Waals surface area contributed by atoms with Crippen molar-refractivity contribution in [2.45, 2.75) is 12.3 Å². The Balaban J connectivity index is 1.80. The first-order valence-corrected chi connectivity index (χ1v) is 9.62. The second kappa shape index (κ2) is 6.11. The molecule has 4 aromatic rings. The largest absolute Gasteiger partial charge is 0.0837 e. The van der Waals surface area contributed by atoms with Crippen LogP contribution >= 0.6 is 11.6 Å². The van der Waals surface area contributed by atoms with Crippen LogP contribution in [0.4, 0.5) is 0 Å². The maximum absolute atomic E-state index is 6.49. The summed E-state index contributed by atoms with van der Waals surface area (Å²) >= 11 is 6.49. The normalized spacial score (nSPS) is 17.4. The molecule has 1 aliphatic rings. The van der Waals surface area contributed by atoms with Gasteiger partial charge in [0.2, 0.25) is 0 Å². The first-order valence-electron chi connectivity index (χ1n) is 9.24. The van der Waals surface area contributed by atoms with Crippen molar-refractivity contribution in [1.29, 1.82) is 0 Å². The first kappa shape index (κ1) is 16.4. The lowest BCUT2D eigenvalue weighted by Crippen LogP contribution is -2.22. The van der Waals surface area contributed by atoms with Gasteiger partial charge < -0.3 is 0 Å². The molecule has 0 bridgehead atoms. The molecule has 27 heavy (non-hydrogen) atoms. The molecule has 0 amide bonds. The van der Waals surface area contributed by atoms with Crippen molar-refractivity contribution in [3.63, 3.8) is 0 Å². The number of hydrogen-bond donors (Lipinski definition) is 0. The van der Waals surface area contributed by atoms with Crippen molar-refractivity contribution in [2.75, 3.05) is 0 Å². The second-order valence-electron chi connectivity index (χ2n) is 7.28. The molecule has 5 rings (SSSR count). The molecule has 0 nitrogen and oxygen atoms in total. The molecule has 0 radical (unpaired) electrons. The number of hydrogen-bond acceptors (Lipinski definition) is 0. The van der Waals surface area contributed by atoms with Crippen molar-refractivity contribution in [1.82, 2.24) is 0 Å². The monoisotopic (exact) mass is 366 g/mol. The molecule has 0 aromatic heterocycles. The lowest BCUT2D eigenvalue weighted by molar-refractivity contribution is 0.714. The average Bonchev–Trinajstić information content (AvgIpc) is 2.99. The van der Waals surface area contributed by atoms with Gasteiger partial charge in [-0.1, -0.05) is 96.5 Å². The summed E-state index contributed by atoms with van der Waals surface area (Å²) in [6.07, 6.45) is 0. The van der Waals surface area contributed by atoms with Crippen LogP contribution in [0.2, 0.25) is 5.02 Å². The Kier molecular flexibility index (Phi) is 3.70. The molecule has 0 N–H and O–H groups in total. The zero-order valence-corrected chi connectivity index (χ0v) is 15.9. The fourth-order valence-corrected chi connectivity index (χ4v) is 4.68. The Labute approximate surface area is 165 Å². The van der Waals surface area contributed by atoms with Crippen LogP contribution in [-0.4, -0.2) is 0 Å². The molecule has 130 valence electrons. The third kappa shape index (κ3) is 2.37. The van der Waals surface area contributed by atoms with Crippen LogP contribution in [0.15, 0.2) is 97.1 Å². The quantitative estimate of drug-likeness (QED) is 0.348. The predicted molar refractivity (Wildman–Crippen MR) is 114 cm³/mol. The zero-order valence-electron chi connectivity index (χ0n) is 15.1. The fraction of sp³-hybridized carbons (Fsp3) is 0.0769. The smallest absolute Gasteiger partial charge is 0.0484 e. The highest BCUT2D eigenvalue weighted by Gasteiger charge is 2.40. The summed E-state index contributed by atoms with van der Waals surface area (Å²) in [6.45, 7) is 2.34. The van der Waals surface area contributed by atoms with Crippen molar-refractivity contribution in [3.8, 4) is 22.3 Å². The van der Waals surface area contributed by atoms with Crippen LogP contribution in [0.25, 0.3) is 22.3 Å². The van der Waals surface area contributed by atoms with E-state index in [1.165, 1.54) is 27.8 Å². The number of halogens is 1. The molecule has 1 heteroatoms. The predicted octanol–water partition coefficient (Wildman–Crippen LogP) is 7.34. The lowest BCUT2D eigenvalue weighted by Gasteiger charge is -2.28. The number of fused-ring (bicyclic) bond motifs is 3. The molecule has 0 saturated heterocycles. The minimum absolute atomic E-state index is 0.176. The van der Waals surface area contributed by atoms with Crippen molar-refractivity contribution >= 4 is 11.6 Å². The summed E-state index contributed by atoms with van der Waals surface area (Å²) in [7, 11) is 0. The minimum Gasteiger partial charge on any atom is -0.0837 e. The first-order chi connectivity index (χ1) is 13.2. The third-order valence-electron chi connectivity index (χ3n) is 5.85. The molecule has 0 aliphatic heterocycles. The Morgan fingerprint density at radius 1 is 0.593 bits per heavy atom. The SMILES string of the molecule is CC1(c2ccccc2)c2ccccc2-c2ccc(-c3ccccc3Cl)cc21. The van der Waals surface area contributed by atoms with Gasteiger partial charge in [0.05, 0.1) is 0 Å². The van der Waals surface area contributed by atoms with E-state index < -0.39 is 0 Å². The van der Waals surface area contributed by atoms with Gasteiger partial charge in [-0.2, -0.15) is 0 Å². The molecule has 0 spiro atoms. The van der Waals surface area contributed by atoms with E-state index in [1.54, 1.807) is 0 Å². The van der Waals surface area contributed by atoms with Gasteiger partial charge in [0, 0.05) is 16.0 Å². The van der Waals surface area contributed by atoms with E-state index in [0.717, 1.165) is 16.1 Å². The van der Waals surface area contributed by atoms with Crippen LogP contribution in [0, 0.1) is 0 Å². The lowest BCUT2D eigenvalue weighted by atomic mass is 9.74. The van der Waals surface area contributed by atoms with E-state index in [1.807, 2.05) is 18.2 Å². The molecule has 0 heterocycles. The average molecular weight is 367 g/mol. The van der Waals surface area contributed by atoms with Crippen LogP contribution in [-0.2, 0) is 5.41 Å². The van der Waals surface area contributed by atoms with Crippen LogP contribution < -0.4 is 0 Å². The highest BCUT2D eigenvalue weighted by Crippen LogP contribution is 2.53. The Hall–Kier alpha value is -2.83. The fourth-order valence-electron chi connectivity index (χ4n) is 4.44. The Bertz CT molecular complexity index is 1140. The second-order valence-corrected chi connectivity index (χ2v) is 7.68. The standard InChI is InChI=1S/C26H19Cl/c1-26(19-9-3-2-4-10-19)23-13-7-5-12-21(23)22-16-15-18(17-24(22)26)20-11-6-8-14-25(20)27/h2-17H,1H3. The molecule has 1 aliphatic carbocycles. The highest BCUT2D eigenvalue weighted by atomic mass is 35.5. The van der Waals surface area contributed by atoms with Gasteiger partial charge in [-0.25, -0.2) is 0 Å². The summed E-state index contributed by atoms with van der Waals surface area (Å²) in [5.41, 5.74) is 8.71. The van der Waals surface area contributed by atoms with Gasteiger partial charge in [0.1, 0.15) is 0 Å². The van der Waals surface area contributed by atoms with E-state index in [9.17, 15) is 0 Å². The number of rotatable bonds is 2. The summed E-state index contributed by atoms with van der Waals surface area (Å²) < 4.78 is 0. The van der Waals surface area contributed by atoms with Gasteiger partial charge in [-0.15, -0.1) is 0 Å². The maximum atomic E-state index is 6.49. The minimum atomic E-state index is -0.176. The van der Waals surface area contributed by atoms with Gasteiger partial charge >= 0.3 is 0 Å². The molecular weight excluding hydrogens is 348 g/mol. The van der Waals surface area contributed by atoms with Gasteiger partial charge in [-0.3, -0.25) is 0 Å². The van der Waals surface area contributed by atoms with E-state index >= 15 is 0 Å². The summed E-state index contributed by atoms with van der Waals surface area (Å²) in [5.74, 6) is 0. The van der Waals surface area contributed by atoms with Crippen molar-refractivity contribution < 1.29 is 0 Å². The topological polar surface area (TPSA) is 0 Å². The van der Waals surface area contributed by atoms with Crippen molar-refractivity contribution in [3.05, 3.63) is 119 Å². The van der Waals surface area contributed by atoms with Crippen molar-refractivity contribution in [2.24, 2.45) is 0 Å². The van der Waals surface area contributed by atoms with E-state index in [0.29, 0.717) is 0 Å². The number of benzene rings is 4. The molecule has 1 atom stereocenters. The summed E-state index contributed by atoms with van der Waals surface area (Å²) in [5, 5.41) is 0.786. The summed E-state index contributed by atoms with van der Waals surface area (Å²) in [6, 6.07) is 34.4. The maximum Gasteiger partial charge on any atom is 0.0484 e. The summed E-state index contributed by atoms with van der Waals surface area (Å²) in [4.78, 5) is 0. The zero-order chi connectivity index (χ0) is 18.4. The van der Waals surface area contributed by atoms with Crippen LogP contribution in [0.3, 0.4) is 0 Å². The Morgan fingerprint density at radius 2 is 1.22 bits per heavy atom. The van der Waals surface area contributed by atoms with Gasteiger partial charge in [0.15, 0.2) is 0 Å². The molecule has 1 unspecified atom stereocenters. The highest BCUT2D eigenvalue weighted by molar-refractivity contribution is 6.33. The van der Waals surface area contributed by atoms with E-state index in [2.05, 4.69) is 85.8 Å².